The number of hydrogen-bond donors (Lipinski definition) is 2. The number of amides is 1. The van der Waals surface area contributed by atoms with Gasteiger partial charge in [0.05, 0.1) is 6.54 Å². The topological polar surface area (TPSA) is 71.2 Å². The lowest BCUT2D eigenvalue weighted by Crippen LogP contribution is -2.49. The minimum absolute atomic E-state index is 0.0392. The summed E-state index contributed by atoms with van der Waals surface area (Å²) < 4.78 is 0. The molecule has 2 bridgehead atoms. The van der Waals surface area contributed by atoms with Crippen LogP contribution in [0.25, 0.3) is 0 Å². The summed E-state index contributed by atoms with van der Waals surface area (Å²) in [6, 6.07) is 1.32. The highest BCUT2D eigenvalue weighted by molar-refractivity contribution is 7.13. The number of thiazole rings is 1. The molecule has 98 valence electrons. The molecule has 3 rings (SSSR count). The van der Waals surface area contributed by atoms with Crippen LogP contribution in [0, 0.1) is 0 Å². The first-order valence-electron chi connectivity index (χ1n) is 6.43. The van der Waals surface area contributed by atoms with Crippen LogP contribution in [0.2, 0.25) is 0 Å². The lowest BCUT2D eigenvalue weighted by Gasteiger charge is -2.37. The molecule has 0 radical (unpaired) electrons. The standard InChI is InChI=1S/C12H18N4OS/c13-8-5-9-1-2-10(6-8)16(9)7-11(17)15-12-14-3-4-18-12/h3-4,8-10H,1-2,5-7,13H2,(H,14,15,17). The Morgan fingerprint density at radius 2 is 2.22 bits per heavy atom. The van der Waals surface area contributed by atoms with Gasteiger partial charge >= 0.3 is 0 Å². The summed E-state index contributed by atoms with van der Waals surface area (Å²) >= 11 is 1.45. The first-order valence-corrected chi connectivity index (χ1v) is 7.31. The maximum absolute atomic E-state index is 12.0. The van der Waals surface area contributed by atoms with Crippen LogP contribution in [0.5, 0.6) is 0 Å². The summed E-state index contributed by atoms with van der Waals surface area (Å²) in [5.74, 6) is 0.0392. The normalized spacial score (nSPS) is 31.5. The van der Waals surface area contributed by atoms with Gasteiger partial charge in [-0.3, -0.25) is 9.69 Å². The highest BCUT2D eigenvalue weighted by atomic mass is 32.1. The SMILES string of the molecule is NC1CC2CCC(C1)N2CC(=O)Nc1nccs1. The number of anilines is 1. The molecule has 2 unspecified atom stereocenters. The first-order chi connectivity index (χ1) is 8.72. The maximum Gasteiger partial charge on any atom is 0.240 e. The smallest absolute Gasteiger partial charge is 0.240 e. The number of nitrogens with two attached hydrogens (primary N) is 1. The first kappa shape index (κ1) is 12.1. The van der Waals surface area contributed by atoms with Gasteiger partial charge in [0.2, 0.25) is 5.91 Å². The number of piperidine rings is 1. The number of fused-ring (bicyclic) bond motifs is 2. The number of nitrogens with one attached hydrogen (secondary N) is 1. The maximum atomic E-state index is 12.0. The van der Waals surface area contributed by atoms with Crippen molar-refractivity contribution in [2.75, 3.05) is 11.9 Å². The number of aromatic nitrogens is 1. The minimum atomic E-state index is 0.0392. The van der Waals surface area contributed by atoms with Gasteiger partial charge in [-0.05, 0) is 25.7 Å². The predicted octanol–water partition coefficient (Wildman–Crippen LogP) is 1.04. The van der Waals surface area contributed by atoms with Gasteiger partial charge in [-0.15, -0.1) is 11.3 Å². The molecular formula is C12H18N4OS. The molecule has 2 fully saturated rings. The molecule has 6 heteroatoms. The number of hydrogen-bond acceptors (Lipinski definition) is 5. The van der Waals surface area contributed by atoms with Gasteiger partial charge in [0, 0.05) is 29.7 Å². The Labute approximate surface area is 110 Å². The van der Waals surface area contributed by atoms with E-state index in [0.717, 1.165) is 12.8 Å². The second-order valence-corrected chi connectivity index (χ2v) is 6.07. The second kappa shape index (κ2) is 4.95. The average molecular weight is 266 g/mol. The Kier molecular flexibility index (Phi) is 3.32. The van der Waals surface area contributed by atoms with E-state index in [2.05, 4.69) is 15.2 Å². The van der Waals surface area contributed by atoms with Gasteiger partial charge in [-0.2, -0.15) is 0 Å². The molecule has 0 aromatic carbocycles. The third-order valence-corrected chi connectivity index (χ3v) is 4.61. The zero-order valence-electron chi connectivity index (χ0n) is 10.2. The molecule has 2 aliphatic rings. The van der Waals surface area contributed by atoms with Crippen molar-refractivity contribution < 1.29 is 4.79 Å². The molecule has 1 amide bonds. The van der Waals surface area contributed by atoms with Crippen LogP contribution >= 0.6 is 11.3 Å². The van der Waals surface area contributed by atoms with E-state index in [-0.39, 0.29) is 5.91 Å². The van der Waals surface area contributed by atoms with Crippen molar-refractivity contribution in [2.24, 2.45) is 5.73 Å². The summed E-state index contributed by atoms with van der Waals surface area (Å²) in [5.41, 5.74) is 6.02. The van der Waals surface area contributed by atoms with Gasteiger partial charge in [-0.25, -0.2) is 4.98 Å². The van der Waals surface area contributed by atoms with Gasteiger partial charge in [0.1, 0.15) is 0 Å². The lowest BCUT2D eigenvalue weighted by atomic mass is 9.98. The molecule has 1 aromatic rings. The van der Waals surface area contributed by atoms with E-state index in [1.165, 1.54) is 24.2 Å². The van der Waals surface area contributed by atoms with E-state index in [4.69, 9.17) is 5.73 Å². The molecule has 2 atom stereocenters. The molecule has 0 spiro atoms. The monoisotopic (exact) mass is 266 g/mol. The fraction of sp³-hybridized carbons (Fsp3) is 0.667. The van der Waals surface area contributed by atoms with Crippen LogP contribution in [0.1, 0.15) is 25.7 Å². The third kappa shape index (κ3) is 2.41. The van der Waals surface area contributed by atoms with Gasteiger partial charge in [0.25, 0.3) is 0 Å². The molecule has 5 nitrogen and oxygen atoms in total. The van der Waals surface area contributed by atoms with Crippen molar-refractivity contribution in [3.63, 3.8) is 0 Å². The van der Waals surface area contributed by atoms with Gasteiger partial charge in [0.15, 0.2) is 5.13 Å². The van der Waals surface area contributed by atoms with E-state index in [0.29, 0.717) is 29.8 Å². The molecule has 2 aliphatic heterocycles. The van der Waals surface area contributed by atoms with Crippen LogP contribution in [0.4, 0.5) is 5.13 Å². The second-order valence-electron chi connectivity index (χ2n) is 5.17. The van der Waals surface area contributed by atoms with Crippen molar-refractivity contribution in [3.05, 3.63) is 11.6 Å². The lowest BCUT2D eigenvalue weighted by molar-refractivity contribution is -0.118. The van der Waals surface area contributed by atoms with Crippen molar-refractivity contribution in [1.82, 2.24) is 9.88 Å². The fourth-order valence-electron chi connectivity index (χ4n) is 3.18. The number of nitrogens with zero attached hydrogens (tertiary/aromatic N) is 2. The van der Waals surface area contributed by atoms with Crippen molar-refractivity contribution in [3.8, 4) is 0 Å². The van der Waals surface area contributed by atoms with Gasteiger partial charge in [-0.1, -0.05) is 0 Å². The van der Waals surface area contributed by atoms with E-state index in [1.807, 2.05) is 5.38 Å². The largest absolute Gasteiger partial charge is 0.328 e. The zero-order valence-corrected chi connectivity index (χ0v) is 11.0. The highest BCUT2D eigenvalue weighted by Crippen LogP contribution is 2.34. The quantitative estimate of drug-likeness (QED) is 0.857. The summed E-state index contributed by atoms with van der Waals surface area (Å²) in [5, 5.41) is 5.39. The predicted molar refractivity (Wildman–Crippen MR) is 71.5 cm³/mol. The summed E-state index contributed by atoms with van der Waals surface area (Å²) in [4.78, 5) is 18.4. The Bertz CT molecular complexity index is 408. The molecule has 0 aliphatic carbocycles. The zero-order chi connectivity index (χ0) is 12.5. The van der Waals surface area contributed by atoms with E-state index < -0.39 is 0 Å². The average Bonchev–Trinajstić information content (AvgIpc) is 2.88. The Morgan fingerprint density at radius 1 is 1.50 bits per heavy atom. The van der Waals surface area contributed by atoms with Crippen LogP contribution in [0.3, 0.4) is 0 Å². The van der Waals surface area contributed by atoms with Crippen molar-refractivity contribution in [2.45, 2.75) is 43.8 Å². The van der Waals surface area contributed by atoms with Crippen LogP contribution in [0.15, 0.2) is 11.6 Å². The van der Waals surface area contributed by atoms with E-state index >= 15 is 0 Å². The fourth-order valence-corrected chi connectivity index (χ4v) is 3.73. The number of carbonyl (C=O) groups is 1. The summed E-state index contributed by atoms with van der Waals surface area (Å²) in [7, 11) is 0. The Hall–Kier alpha value is -0.980. The molecule has 1 aromatic heterocycles. The minimum Gasteiger partial charge on any atom is -0.328 e. The van der Waals surface area contributed by atoms with Crippen molar-refractivity contribution >= 4 is 22.4 Å². The third-order valence-electron chi connectivity index (χ3n) is 3.93. The van der Waals surface area contributed by atoms with Crippen molar-refractivity contribution in [1.29, 1.82) is 0 Å². The summed E-state index contributed by atoms with van der Waals surface area (Å²) in [6.07, 6.45) is 6.12. The summed E-state index contributed by atoms with van der Waals surface area (Å²) in [6.45, 7) is 0.474. The molecule has 3 N–H and O–H groups in total. The number of carbonyl (C=O) groups excluding carboxylic acids is 1. The highest BCUT2D eigenvalue weighted by Gasteiger charge is 2.40. The van der Waals surface area contributed by atoms with Crippen LogP contribution < -0.4 is 11.1 Å². The van der Waals surface area contributed by atoms with Gasteiger partial charge < -0.3 is 11.1 Å². The molecule has 2 saturated heterocycles. The Morgan fingerprint density at radius 3 is 2.83 bits per heavy atom. The Balaban J connectivity index is 1.58. The van der Waals surface area contributed by atoms with E-state index in [9.17, 15) is 4.79 Å². The molecular weight excluding hydrogens is 248 g/mol. The molecule has 18 heavy (non-hydrogen) atoms. The molecule has 0 saturated carbocycles. The van der Waals surface area contributed by atoms with Crippen LogP contribution in [-0.2, 0) is 4.79 Å². The number of rotatable bonds is 3. The molecule has 3 heterocycles. The van der Waals surface area contributed by atoms with Crippen LogP contribution in [-0.4, -0.2) is 40.5 Å². The van der Waals surface area contributed by atoms with E-state index in [1.54, 1.807) is 6.20 Å².